The molecule has 0 aliphatic heterocycles. The summed E-state index contributed by atoms with van der Waals surface area (Å²) in [6, 6.07) is 5.53. The highest BCUT2D eigenvalue weighted by Crippen LogP contribution is 2.35. The van der Waals surface area contributed by atoms with Crippen LogP contribution >= 0.6 is 11.3 Å². The molecule has 2 amide bonds. The third-order valence-corrected chi connectivity index (χ3v) is 7.89. The Morgan fingerprint density at radius 3 is 2.16 bits per heavy atom. The van der Waals surface area contributed by atoms with Gasteiger partial charge < -0.3 is 10.4 Å². The van der Waals surface area contributed by atoms with Gasteiger partial charge in [-0.15, -0.1) is 15.7 Å². The molecule has 0 aliphatic rings. The molecule has 1 aromatic carbocycles. The number of urea groups is 1. The summed E-state index contributed by atoms with van der Waals surface area (Å²) in [5, 5.41) is 27.8. The maximum atomic E-state index is 14.4. The Hall–Kier alpha value is -2.32. The first-order valence-electron chi connectivity index (χ1n) is 9.63. The lowest BCUT2D eigenvalue weighted by Gasteiger charge is -2.20. The van der Waals surface area contributed by atoms with E-state index in [0.717, 1.165) is 17.2 Å². The van der Waals surface area contributed by atoms with Gasteiger partial charge in [-0.1, -0.05) is 27.7 Å². The minimum Gasteiger partial charge on any atom is -0.385 e. The molecule has 0 fully saturated rings. The quantitative estimate of drug-likeness (QED) is 0.561. The van der Waals surface area contributed by atoms with Gasteiger partial charge in [-0.25, -0.2) is 18.5 Å². The number of thiophene rings is 1. The zero-order valence-electron chi connectivity index (χ0n) is 18.3. The second-order valence-electron chi connectivity index (χ2n) is 8.35. The SMILES string of the molecule is CC(C)c1cc(C#N)cc(C(C)C)c1NC(=O)N=S(N)(=O)c1sc(C(C)(C)O)cc1F. The normalized spacial score (nSPS) is 13.7. The van der Waals surface area contributed by atoms with E-state index in [1.54, 1.807) is 12.1 Å². The first-order valence-corrected chi connectivity index (χ1v) is 12.0. The number of amides is 2. The Labute approximate surface area is 186 Å². The summed E-state index contributed by atoms with van der Waals surface area (Å²) in [4.78, 5) is 12.9. The molecular weight excluding hydrogens is 439 g/mol. The van der Waals surface area contributed by atoms with Crippen molar-refractivity contribution in [3.05, 3.63) is 45.6 Å². The van der Waals surface area contributed by atoms with E-state index in [-0.39, 0.29) is 16.7 Å². The topological polar surface area (TPSA) is 129 Å². The number of nitrogens with one attached hydrogen (secondary N) is 1. The molecule has 1 unspecified atom stereocenters. The highest BCUT2D eigenvalue weighted by Gasteiger charge is 2.26. The number of hydrogen-bond acceptors (Lipinski definition) is 5. The molecule has 168 valence electrons. The third-order valence-electron chi connectivity index (χ3n) is 4.55. The molecule has 4 N–H and O–H groups in total. The van der Waals surface area contributed by atoms with Crippen molar-refractivity contribution >= 4 is 33.0 Å². The summed E-state index contributed by atoms with van der Waals surface area (Å²) in [6.45, 7) is 10.6. The molecule has 31 heavy (non-hydrogen) atoms. The van der Waals surface area contributed by atoms with Crippen molar-refractivity contribution in [1.29, 1.82) is 5.26 Å². The van der Waals surface area contributed by atoms with E-state index in [2.05, 4.69) is 15.7 Å². The number of carbonyl (C=O) groups excluding carboxylic acids is 1. The number of rotatable bonds is 5. The summed E-state index contributed by atoms with van der Waals surface area (Å²) in [7, 11) is -3.89. The number of benzene rings is 1. The maximum absolute atomic E-state index is 14.4. The van der Waals surface area contributed by atoms with E-state index < -0.39 is 31.6 Å². The third kappa shape index (κ3) is 5.68. The van der Waals surface area contributed by atoms with Crippen molar-refractivity contribution in [2.24, 2.45) is 9.50 Å². The molecule has 0 saturated heterocycles. The van der Waals surface area contributed by atoms with Gasteiger partial charge in [0.2, 0.25) is 0 Å². The Morgan fingerprint density at radius 1 is 1.26 bits per heavy atom. The van der Waals surface area contributed by atoms with Crippen LogP contribution in [0.1, 0.15) is 74.9 Å². The lowest BCUT2D eigenvalue weighted by atomic mass is 9.90. The largest absolute Gasteiger partial charge is 0.385 e. The number of aliphatic hydroxyl groups is 1. The zero-order chi connectivity index (χ0) is 23.7. The van der Waals surface area contributed by atoms with E-state index in [4.69, 9.17) is 5.14 Å². The van der Waals surface area contributed by atoms with Gasteiger partial charge in [0.15, 0.2) is 19.9 Å². The van der Waals surface area contributed by atoms with Crippen LogP contribution in [0.3, 0.4) is 0 Å². The van der Waals surface area contributed by atoms with Crippen LogP contribution in [0.4, 0.5) is 14.9 Å². The number of carbonyl (C=O) groups is 1. The molecule has 7 nitrogen and oxygen atoms in total. The number of anilines is 1. The number of nitrogens with zero attached hydrogens (tertiary/aromatic N) is 2. The molecule has 2 rings (SSSR count). The maximum Gasteiger partial charge on any atom is 0.354 e. The Bertz CT molecular complexity index is 1140. The van der Waals surface area contributed by atoms with E-state index in [1.807, 2.05) is 27.7 Å². The lowest BCUT2D eigenvalue weighted by Crippen LogP contribution is -2.19. The zero-order valence-corrected chi connectivity index (χ0v) is 19.9. The van der Waals surface area contributed by atoms with Gasteiger partial charge in [-0.05, 0) is 55.0 Å². The molecule has 0 saturated carbocycles. The first kappa shape index (κ1) is 24.9. The first-order chi connectivity index (χ1) is 14.2. The van der Waals surface area contributed by atoms with Crippen LogP contribution in [0, 0.1) is 17.1 Å². The molecule has 0 aliphatic carbocycles. The second kappa shape index (κ2) is 9.04. The average molecular weight is 467 g/mol. The van der Waals surface area contributed by atoms with Crippen LogP contribution < -0.4 is 10.5 Å². The van der Waals surface area contributed by atoms with Crippen molar-refractivity contribution in [2.75, 3.05) is 5.32 Å². The molecule has 0 bridgehead atoms. The fourth-order valence-corrected chi connectivity index (χ4v) is 5.29. The molecule has 1 atom stereocenters. The Morgan fingerprint density at radius 2 is 1.77 bits per heavy atom. The summed E-state index contributed by atoms with van der Waals surface area (Å²) in [5.74, 6) is -0.935. The van der Waals surface area contributed by atoms with Gasteiger partial charge in [0, 0.05) is 10.6 Å². The van der Waals surface area contributed by atoms with Crippen LogP contribution in [0.2, 0.25) is 0 Å². The van der Waals surface area contributed by atoms with Gasteiger partial charge in [-0.3, -0.25) is 0 Å². The predicted octanol–water partition coefficient (Wildman–Crippen LogP) is 5.17. The molecule has 10 heteroatoms. The summed E-state index contributed by atoms with van der Waals surface area (Å²) < 4.78 is 30.4. The Balaban J connectivity index is 2.53. The number of nitrogens with two attached hydrogens (primary N) is 1. The fourth-order valence-electron chi connectivity index (χ4n) is 2.95. The van der Waals surface area contributed by atoms with E-state index >= 15 is 0 Å². The minimum atomic E-state index is -3.89. The fraction of sp³-hybridized carbons (Fsp3) is 0.429. The Kier molecular flexibility index (Phi) is 7.28. The number of nitriles is 1. The van der Waals surface area contributed by atoms with Crippen molar-refractivity contribution in [3.63, 3.8) is 0 Å². The lowest BCUT2D eigenvalue weighted by molar-refractivity contribution is 0.0823. The highest BCUT2D eigenvalue weighted by molar-refractivity contribution is 7.93. The summed E-state index contributed by atoms with van der Waals surface area (Å²) in [6.07, 6.45) is 0. The van der Waals surface area contributed by atoms with Gasteiger partial charge in [0.05, 0.1) is 17.2 Å². The van der Waals surface area contributed by atoms with Gasteiger partial charge in [0.1, 0.15) is 0 Å². The smallest absolute Gasteiger partial charge is 0.354 e. The molecule has 0 radical (unpaired) electrons. The highest BCUT2D eigenvalue weighted by atomic mass is 32.2. The molecular formula is C21H27FN4O3S2. The number of hydrogen-bond donors (Lipinski definition) is 3. The van der Waals surface area contributed by atoms with Crippen molar-refractivity contribution in [2.45, 2.75) is 63.2 Å². The van der Waals surface area contributed by atoms with Gasteiger partial charge >= 0.3 is 6.03 Å². The van der Waals surface area contributed by atoms with Crippen LogP contribution in [0.15, 0.2) is 26.8 Å². The van der Waals surface area contributed by atoms with Crippen LogP contribution in [-0.2, 0) is 15.5 Å². The van der Waals surface area contributed by atoms with Crippen LogP contribution in [0.25, 0.3) is 0 Å². The second-order valence-corrected chi connectivity index (χ2v) is 11.4. The van der Waals surface area contributed by atoms with Crippen molar-refractivity contribution in [1.82, 2.24) is 0 Å². The molecule has 1 heterocycles. The van der Waals surface area contributed by atoms with E-state index in [9.17, 15) is 23.8 Å². The van der Waals surface area contributed by atoms with Crippen LogP contribution in [-0.4, -0.2) is 15.3 Å². The van der Waals surface area contributed by atoms with Crippen molar-refractivity contribution < 1.29 is 18.5 Å². The van der Waals surface area contributed by atoms with Crippen molar-refractivity contribution in [3.8, 4) is 6.07 Å². The average Bonchev–Trinajstić information content (AvgIpc) is 3.04. The minimum absolute atomic E-state index is 0.0209. The molecule has 2 aromatic rings. The van der Waals surface area contributed by atoms with Gasteiger partial charge in [-0.2, -0.15) is 5.26 Å². The predicted molar refractivity (Wildman–Crippen MR) is 121 cm³/mol. The van der Waals surface area contributed by atoms with Crippen LogP contribution in [0.5, 0.6) is 0 Å². The molecule has 0 spiro atoms. The molecule has 1 aromatic heterocycles. The van der Waals surface area contributed by atoms with E-state index in [1.165, 1.54) is 13.8 Å². The summed E-state index contributed by atoms with van der Waals surface area (Å²) >= 11 is 0.707. The number of halogens is 1. The standard InChI is InChI=1S/C21H27FN4O3S2/c1-11(2)14-7-13(10-23)8-15(12(3)4)18(14)25-20(27)26-31(24,29)19-16(22)9-17(30-19)21(5,6)28/h7-9,11-12,28H,1-6H3,(H3,24,25,26,27,29). The van der Waals surface area contributed by atoms with E-state index in [0.29, 0.717) is 22.6 Å². The monoisotopic (exact) mass is 466 g/mol. The summed E-state index contributed by atoms with van der Waals surface area (Å²) in [5.41, 5.74) is 1.02. The van der Waals surface area contributed by atoms with Gasteiger partial charge in [0.25, 0.3) is 0 Å².